The van der Waals surface area contributed by atoms with Crippen LogP contribution in [0.25, 0.3) is 0 Å². The molecule has 1 amide bonds. The van der Waals surface area contributed by atoms with Crippen LogP contribution in [0, 0.1) is 11.6 Å². The highest BCUT2D eigenvalue weighted by atomic mass is 35.5. The summed E-state index contributed by atoms with van der Waals surface area (Å²) in [6, 6.07) is 10.4. The highest BCUT2D eigenvalue weighted by Crippen LogP contribution is 2.24. The molecule has 0 unspecified atom stereocenters. The normalized spacial score (nSPS) is 17.8. The van der Waals surface area contributed by atoms with Gasteiger partial charge in [-0.05, 0) is 29.8 Å². The van der Waals surface area contributed by atoms with Crippen molar-refractivity contribution in [3.63, 3.8) is 0 Å². The Balaban J connectivity index is 1.70. The number of hydrogen-bond acceptors (Lipinski definition) is 2. The first kappa shape index (κ1) is 16.9. The van der Waals surface area contributed by atoms with Crippen LogP contribution in [0.3, 0.4) is 0 Å². The Morgan fingerprint density at radius 3 is 2.67 bits per heavy atom. The van der Waals surface area contributed by atoms with Crippen molar-refractivity contribution >= 4 is 17.5 Å². The molecule has 24 heavy (non-hydrogen) atoms. The summed E-state index contributed by atoms with van der Waals surface area (Å²) in [5.74, 6) is -1.02. The highest BCUT2D eigenvalue weighted by molar-refractivity contribution is 6.31. The van der Waals surface area contributed by atoms with Crippen molar-refractivity contribution in [2.45, 2.75) is 12.5 Å². The SMILES string of the molecule is O=C(Cc1c(F)cccc1Cl)N1CCO[C@H](c2ccc(F)cc2)C1. The van der Waals surface area contributed by atoms with Gasteiger partial charge in [0.2, 0.25) is 5.91 Å². The van der Waals surface area contributed by atoms with Crippen molar-refractivity contribution in [2.75, 3.05) is 19.7 Å². The van der Waals surface area contributed by atoms with E-state index in [9.17, 15) is 13.6 Å². The molecule has 0 radical (unpaired) electrons. The van der Waals surface area contributed by atoms with Gasteiger partial charge in [-0.25, -0.2) is 8.78 Å². The maximum absolute atomic E-state index is 13.8. The van der Waals surface area contributed by atoms with Crippen LogP contribution in [0.15, 0.2) is 42.5 Å². The molecule has 0 aliphatic carbocycles. The number of benzene rings is 2. The number of morpholine rings is 1. The summed E-state index contributed by atoms with van der Waals surface area (Å²) >= 11 is 5.98. The van der Waals surface area contributed by atoms with Gasteiger partial charge in [0.1, 0.15) is 17.7 Å². The maximum Gasteiger partial charge on any atom is 0.227 e. The van der Waals surface area contributed by atoms with E-state index in [0.717, 1.165) is 5.56 Å². The van der Waals surface area contributed by atoms with Crippen LogP contribution < -0.4 is 0 Å². The van der Waals surface area contributed by atoms with Gasteiger partial charge < -0.3 is 9.64 Å². The van der Waals surface area contributed by atoms with Crippen molar-refractivity contribution < 1.29 is 18.3 Å². The molecule has 1 aliphatic heterocycles. The van der Waals surface area contributed by atoms with Crippen LogP contribution in [0.1, 0.15) is 17.2 Å². The Hall–Kier alpha value is -1.98. The van der Waals surface area contributed by atoms with Gasteiger partial charge in [-0.2, -0.15) is 0 Å². The zero-order valence-corrected chi connectivity index (χ0v) is 13.6. The second kappa shape index (κ2) is 7.28. The van der Waals surface area contributed by atoms with E-state index in [1.807, 2.05) is 0 Å². The molecule has 0 aromatic heterocycles. The van der Waals surface area contributed by atoms with Crippen molar-refractivity contribution in [2.24, 2.45) is 0 Å². The van der Waals surface area contributed by atoms with E-state index >= 15 is 0 Å². The van der Waals surface area contributed by atoms with Crippen molar-refractivity contribution in [1.82, 2.24) is 4.90 Å². The van der Waals surface area contributed by atoms with E-state index in [4.69, 9.17) is 16.3 Å². The van der Waals surface area contributed by atoms with Gasteiger partial charge in [0, 0.05) is 17.1 Å². The fraction of sp³-hybridized carbons (Fsp3) is 0.278. The molecule has 1 saturated heterocycles. The summed E-state index contributed by atoms with van der Waals surface area (Å²) in [5.41, 5.74) is 1.01. The number of carbonyl (C=O) groups is 1. The van der Waals surface area contributed by atoms with Crippen molar-refractivity contribution in [1.29, 1.82) is 0 Å². The number of nitrogens with zero attached hydrogens (tertiary/aromatic N) is 1. The summed E-state index contributed by atoms with van der Waals surface area (Å²) in [5, 5.41) is 0.242. The molecule has 1 fully saturated rings. The summed E-state index contributed by atoms with van der Waals surface area (Å²) in [7, 11) is 0. The third-order valence-electron chi connectivity index (χ3n) is 4.05. The molecule has 2 aromatic rings. The van der Waals surface area contributed by atoms with Crippen LogP contribution in [-0.4, -0.2) is 30.5 Å². The van der Waals surface area contributed by atoms with E-state index in [1.54, 1.807) is 23.1 Å². The molecular formula is C18H16ClF2NO2. The first-order chi connectivity index (χ1) is 11.5. The third-order valence-corrected chi connectivity index (χ3v) is 4.40. The van der Waals surface area contributed by atoms with E-state index < -0.39 is 5.82 Å². The standard InChI is InChI=1S/C18H16ClF2NO2/c19-15-2-1-3-16(21)14(15)10-18(23)22-8-9-24-17(11-22)12-4-6-13(20)7-5-12/h1-7,17H,8-11H2/t17-/m0/s1. The van der Waals surface area contributed by atoms with Gasteiger partial charge in [-0.3, -0.25) is 4.79 Å². The van der Waals surface area contributed by atoms with E-state index in [2.05, 4.69) is 0 Å². The lowest BCUT2D eigenvalue weighted by Gasteiger charge is -2.33. The molecule has 1 heterocycles. The maximum atomic E-state index is 13.8. The van der Waals surface area contributed by atoms with Crippen LogP contribution in [0.4, 0.5) is 8.78 Å². The second-order valence-electron chi connectivity index (χ2n) is 5.63. The Morgan fingerprint density at radius 2 is 1.96 bits per heavy atom. The molecule has 3 rings (SSSR count). The fourth-order valence-electron chi connectivity index (χ4n) is 2.72. The quantitative estimate of drug-likeness (QED) is 0.842. The second-order valence-corrected chi connectivity index (χ2v) is 6.03. The molecule has 0 saturated carbocycles. The average molecular weight is 352 g/mol. The van der Waals surface area contributed by atoms with Crippen LogP contribution >= 0.6 is 11.6 Å². The van der Waals surface area contributed by atoms with Gasteiger partial charge >= 0.3 is 0 Å². The highest BCUT2D eigenvalue weighted by Gasteiger charge is 2.26. The molecule has 0 spiro atoms. The Labute approximate surface area is 143 Å². The van der Waals surface area contributed by atoms with Crippen molar-refractivity contribution in [3.05, 3.63) is 70.2 Å². The minimum Gasteiger partial charge on any atom is -0.370 e. The lowest BCUT2D eigenvalue weighted by atomic mass is 10.1. The lowest BCUT2D eigenvalue weighted by Crippen LogP contribution is -2.43. The number of halogens is 3. The molecule has 2 aromatic carbocycles. The fourth-order valence-corrected chi connectivity index (χ4v) is 2.95. The van der Waals surface area contributed by atoms with Crippen LogP contribution in [0.5, 0.6) is 0 Å². The minimum absolute atomic E-state index is 0.0956. The van der Waals surface area contributed by atoms with Crippen molar-refractivity contribution in [3.8, 4) is 0 Å². The minimum atomic E-state index is -0.487. The Bertz CT molecular complexity index is 716. The third kappa shape index (κ3) is 3.74. The first-order valence-corrected chi connectivity index (χ1v) is 8.00. The number of ether oxygens (including phenoxy) is 1. The lowest BCUT2D eigenvalue weighted by molar-refractivity contribution is -0.138. The molecular weight excluding hydrogens is 336 g/mol. The van der Waals surface area contributed by atoms with Gasteiger partial charge in [-0.15, -0.1) is 0 Å². The zero-order chi connectivity index (χ0) is 17.1. The van der Waals surface area contributed by atoms with Gasteiger partial charge in [0.25, 0.3) is 0 Å². The molecule has 1 aliphatic rings. The predicted molar refractivity (Wildman–Crippen MR) is 86.8 cm³/mol. The molecule has 126 valence electrons. The average Bonchev–Trinajstić information content (AvgIpc) is 2.59. The molecule has 3 nitrogen and oxygen atoms in total. The van der Waals surface area contributed by atoms with E-state index in [1.165, 1.54) is 24.3 Å². The van der Waals surface area contributed by atoms with E-state index in [-0.39, 0.29) is 34.8 Å². The number of hydrogen-bond donors (Lipinski definition) is 0. The molecule has 0 bridgehead atoms. The predicted octanol–water partition coefficient (Wildman–Crippen LogP) is 3.76. The zero-order valence-electron chi connectivity index (χ0n) is 12.8. The first-order valence-electron chi connectivity index (χ1n) is 7.62. The number of rotatable bonds is 3. The topological polar surface area (TPSA) is 29.5 Å². The van der Waals surface area contributed by atoms with Crippen LogP contribution in [-0.2, 0) is 16.0 Å². The van der Waals surface area contributed by atoms with Gasteiger partial charge in [0.05, 0.1) is 19.6 Å². The summed E-state index contributed by atoms with van der Waals surface area (Å²) < 4.78 is 32.5. The monoisotopic (exact) mass is 351 g/mol. The van der Waals surface area contributed by atoms with Gasteiger partial charge in [0.15, 0.2) is 0 Å². The van der Waals surface area contributed by atoms with Gasteiger partial charge in [-0.1, -0.05) is 29.8 Å². The number of carbonyl (C=O) groups excluding carboxylic acids is 1. The van der Waals surface area contributed by atoms with E-state index in [0.29, 0.717) is 19.7 Å². The molecule has 0 N–H and O–H groups in total. The van der Waals surface area contributed by atoms with Crippen LogP contribution in [0.2, 0.25) is 5.02 Å². The summed E-state index contributed by atoms with van der Waals surface area (Å²) in [4.78, 5) is 14.1. The molecule has 1 atom stereocenters. The Kier molecular flexibility index (Phi) is 5.11. The summed E-state index contributed by atoms with van der Waals surface area (Å²) in [6.45, 7) is 1.15. The summed E-state index contributed by atoms with van der Waals surface area (Å²) in [6.07, 6.45) is -0.416. The largest absolute Gasteiger partial charge is 0.370 e. The number of amides is 1. The Morgan fingerprint density at radius 1 is 1.21 bits per heavy atom. The smallest absolute Gasteiger partial charge is 0.227 e. The molecule has 6 heteroatoms.